The van der Waals surface area contributed by atoms with Crippen molar-refractivity contribution < 1.29 is 9.90 Å². The number of nitrogens with two attached hydrogens (primary N) is 1. The molecule has 1 rings (SSSR count). The Labute approximate surface area is 70.9 Å². The number of aromatic carboxylic acids is 1. The number of carbonyl (C=O) groups is 1. The quantitative estimate of drug-likeness (QED) is 0.720. The van der Waals surface area contributed by atoms with Crippen LogP contribution >= 0.6 is 15.9 Å². The monoisotopic (exact) mass is 219 g/mol. The van der Waals surface area contributed by atoms with Crippen LogP contribution in [0.1, 0.15) is 10.4 Å². The zero-order valence-electron chi connectivity index (χ0n) is 5.71. The minimum atomic E-state index is -1.08. The van der Waals surface area contributed by atoms with Gasteiger partial charge in [-0.2, -0.15) is 5.10 Å². The number of carboxylic acid groups (broad SMARTS) is 1. The number of hydrogen-bond donors (Lipinski definition) is 2. The molecule has 3 N–H and O–H groups in total. The van der Waals surface area contributed by atoms with Crippen LogP contribution in [0.2, 0.25) is 0 Å². The first-order chi connectivity index (χ1) is 5.04. The first-order valence-electron chi connectivity index (χ1n) is 2.75. The fourth-order valence-electron chi connectivity index (χ4n) is 0.701. The zero-order chi connectivity index (χ0) is 8.59. The summed E-state index contributed by atoms with van der Waals surface area (Å²) in [4.78, 5) is 10.5. The zero-order valence-corrected chi connectivity index (χ0v) is 7.29. The highest BCUT2D eigenvalue weighted by atomic mass is 79.9. The van der Waals surface area contributed by atoms with E-state index in [4.69, 9.17) is 10.8 Å². The predicted molar refractivity (Wildman–Crippen MR) is 42.3 cm³/mol. The van der Waals surface area contributed by atoms with Gasteiger partial charge in [0.2, 0.25) is 0 Å². The lowest BCUT2D eigenvalue weighted by Crippen LogP contribution is -2.03. The van der Waals surface area contributed by atoms with Crippen LogP contribution in [0.5, 0.6) is 0 Å². The van der Waals surface area contributed by atoms with Gasteiger partial charge in [0.1, 0.15) is 16.0 Å². The number of aryl methyl sites for hydroxylation is 1. The molecule has 0 aliphatic rings. The van der Waals surface area contributed by atoms with Gasteiger partial charge in [-0.3, -0.25) is 4.68 Å². The molecule has 5 nitrogen and oxygen atoms in total. The van der Waals surface area contributed by atoms with Gasteiger partial charge in [-0.05, 0) is 15.9 Å². The molecule has 0 aliphatic heterocycles. The lowest BCUT2D eigenvalue weighted by Gasteiger charge is -1.92. The van der Waals surface area contributed by atoms with E-state index in [1.54, 1.807) is 7.05 Å². The molecule has 0 amide bonds. The molecule has 0 aliphatic carbocycles. The number of anilines is 1. The first kappa shape index (κ1) is 8.06. The Balaban J connectivity index is 3.34. The summed E-state index contributed by atoms with van der Waals surface area (Å²) in [6, 6.07) is 0. The minimum absolute atomic E-state index is 0.00694. The normalized spacial score (nSPS) is 10.0. The molecule has 0 radical (unpaired) electrons. The van der Waals surface area contributed by atoms with Gasteiger partial charge in [0, 0.05) is 7.05 Å². The third-order valence-corrected chi connectivity index (χ3v) is 1.82. The van der Waals surface area contributed by atoms with Gasteiger partial charge >= 0.3 is 5.97 Å². The summed E-state index contributed by atoms with van der Waals surface area (Å²) >= 11 is 2.98. The van der Waals surface area contributed by atoms with Crippen molar-refractivity contribution in [2.24, 2.45) is 7.05 Å². The number of hydrogen-bond acceptors (Lipinski definition) is 3. The fraction of sp³-hybridized carbons (Fsp3) is 0.200. The topological polar surface area (TPSA) is 81.1 Å². The lowest BCUT2D eigenvalue weighted by molar-refractivity contribution is 0.0697. The second-order valence-corrected chi connectivity index (χ2v) is 2.73. The van der Waals surface area contributed by atoms with Crippen LogP contribution in [0.3, 0.4) is 0 Å². The molecule has 0 unspecified atom stereocenters. The highest BCUT2D eigenvalue weighted by molar-refractivity contribution is 9.10. The van der Waals surface area contributed by atoms with Crippen molar-refractivity contribution in [2.45, 2.75) is 0 Å². The molecular formula is C5H6BrN3O2. The maximum absolute atomic E-state index is 10.5. The van der Waals surface area contributed by atoms with Crippen molar-refractivity contribution in [3.63, 3.8) is 0 Å². The van der Waals surface area contributed by atoms with Crippen molar-refractivity contribution in [3.05, 3.63) is 10.2 Å². The van der Waals surface area contributed by atoms with Crippen LogP contribution in [-0.2, 0) is 7.05 Å². The number of nitrogens with zero attached hydrogens (tertiary/aromatic N) is 2. The van der Waals surface area contributed by atoms with Gasteiger partial charge in [-0.15, -0.1) is 0 Å². The molecule has 0 aromatic carbocycles. The molecule has 1 aromatic heterocycles. The molecule has 6 heteroatoms. The van der Waals surface area contributed by atoms with Crippen molar-refractivity contribution in [1.29, 1.82) is 0 Å². The van der Waals surface area contributed by atoms with E-state index >= 15 is 0 Å². The van der Waals surface area contributed by atoms with E-state index in [9.17, 15) is 4.79 Å². The van der Waals surface area contributed by atoms with Crippen LogP contribution < -0.4 is 5.73 Å². The Kier molecular flexibility index (Phi) is 1.86. The van der Waals surface area contributed by atoms with E-state index in [1.807, 2.05) is 0 Å². The molecule has 1 heterocycles. The largest absolute Gasteiger partial charge is 0.477 e. The molecule has 0 spiro atoms. The highest BCUT2D eigenvalue weighted by Crippen LogP contribution is 2.20. The summed E-state index contributed by atoms with van der Waals surface area (Å²) < 4.78 is 1.55. The standard InChI is InChI=1S/C5H6BrN3O2/c1-9-4(7)2(5(10)11)3(6)8-9/h7H2,1H3,(H,10,11). The Hall–Kier alpha value is -1.04. The average molecular weight is 220 g/mol. The first-order valence-corrected chi connectivity index (χ1v) is 3.54. The van der Waals surface area contributed by atoms with Crippen LogP contribution in [-0.4, -0.2) is 20.9 Å². The lowest BCUT2D eigenvalue weighted by atomic mass is 10.3. The number of aromatic nitrogens is 2. The molecule has 0 fully saturated rings. The van der Waals surface area contributed by atoms with Gasteiger partial charge < -0.3 is 10.8 Å². The van der Waals surface area contributed by atoms with E-state index in [1.165, 1.54) is 4.68 Å². The van der Waals surface area contributed by atoms with Gasteiger partial charge in [0.05, 0.1) is 0 Å². The Bertz CT molecular complexity index is 307. The van der Waals surface area contributed by atoms with Gasteiger partial charge in [-0.25, -0.2) is 4.79 Å². The molecule has 11 heavy (non-hydrogen) atoms. The maximum Gasteiger partial charge on any atom is 0.342 e. The molecule has 60 valence electrons. The SMILES string of the molecule is Cn1nc(Br)c(C(=O)O)c1N. The Morgan fingerprint density at radius 1 is 1.82 bits per heavy atom. The molecular weight excluding hydrogens is 214 g/mol. The second kappa shape index (κ2) is 2.54. The van der Waals surface area contributed by atoms with Gasteiger partial charge in [0.25, 0.3) is 0 Å². The average Bonchev–Trinajstić information content (AvgIpc) is 2.07. The summed E-state index contributed by atoms with van der Waals surface area (Å²) in [5.41, 5.74) is 5.40. The van der Waals surface area contributed by atoms with Crippen LogP contribution in [0.25, 0.3) is 0 Å². The third kappa shape index (κ3) is 1.21. The molecule has 0 saturated carbocycles. The Morgan fingerprint density at radius 3 is 2.55 bits per heavy atom. The number of rotatable bonds is 1. The third-order valence-electron chi connectivity index (χ3n) is 1.26. The van der Waals surface area contributed by atoms with E-state index in [2.05, 4.69) is 21.0 Å². The molecule has 0 atom stereocenters. The summed E-state index contributed by atoms with van der Waals surface area (Å²) in [6.45, 7) is 0. The van der Waals surface area contributed by atoms with E-state index < -0.39 is 5.97 Å². The Morgan fingerprint density at radius 2 is 2.36 bits per heavy atom. The molecule has 0 saturated heterocycles. The van der Waals surface area contributed by atoms with Gasteiger partial charge in [-0.1, -0.05) is 0 Å². The second-order valence-electron chi connectivity index (χ2n) is 1.98. The van der Waals surface area contributed by atoms with Crippen LogP contribution in [0.4, 0.5) is 5.82 Å². The molecule has 1 aromatic rings. The van der Waals surface area contributed by atoms with Crippen molar-refractivity contribution in [1.82, 2.24) is 9.78 Å². The minimum Gasteiger partial charge on any atom is -0.477 e. The van der Waals surface area contributed by atoms with Crippen LogP contribution in [0.15, 0.2) is 4.60 Å². The van der Waals surface area contributed by atoms with Crippen molar-refractivity contribution in [3.8, 4) is 0 Å². The maximum atomic E-state index is 10.5. The van der Waals surface area contributed by atoms with Crippen LogP contribution in [0, 0.1) is 0 Å². The number of carboxylic acids is 1. The van der Waals surface area contributed by atoms with Crippen molar-refractivity contribution in [2.75, 3.05) is 5.73 Å². The summed E-state index contributed by atoms with van der Waals surface area (Å²) in [5.74, 6) is -0.938. The van der Waals surface area contributed by atoms with Gasteiger partial charge in [0.15, 0.2) is 0 Å². The van der Waals surface area contributed by atoms with E-state index in [-0.39, 0.29) is 16.0 Å². The summed E-state index contributed by atoms with van der Waals surface area (Å²) in [6.07, 6.45) is 0. The van der Waals surface area contributed by atoms with E-state index in [0.29, 0.717) is 0 Å². The van der Waals surface area contributed by atoms with Crippen molar-refractivity contribution >= 4 is 27.7 Å². The highest BCUT2D eigenvalue weighted by Gasteiger charge is 2.17. The summed E-state index contributed by atoms with van der Waals surface area (Å²) in [7, 11) is 1.58. The fourth-order valence-corrected chi connectivity index (χ4v) is 1.31. The smallest absolute Gasteiger partial charge is 0.342 e. The van der Waals surface area contributed by atoms with E-state index in [0.717, 1.165) is 0 Å². The summed E-state index contributed by atoms with van der Waals surface area (Å²) in [5, 5.41) is 12.4. The number of nitrogen functional groups attached to an aromatic ring is 1. The number of halogens is 1. The molecule has 0 bridgehead atoms. The predicted octanol–water partition coefficient (Wildman–Crippen LogP) is 0.463.